The molecule has 0 spiro atoms. The SMILES string of the molecule is CCCCCCCOC(=S)NCCCCCCNC(=S)OCCCCCCC. The summed E-state index contributed by atoms with van der Waals surface area (Å²) in [5.41, 5.74) is 0. The molecule has 0 bridgehead atoms. The van der Waals surface area contributed by atoms with E-state index in [1.165, 1.54) is 64.2 Å². The lowest BCUT2D eigenvalue weighted by Crippen LogP contribution is -2.26. The Kier molecular flexibility index (Phi) is 22.2. The smallest absolute Gasteiger partial charge is 0.256 e. The minimum atomic E-state index is 0.550. The normalized spacial score (nSPS) is 10.5. The van der Waals surface area contributed by atoms with Crippen LogP contribution in [0, 0.1) is 0 Å². The predicted octanol–water partition coefficient (Wildman–Crippen LogP) is 6.27. The van der Waals surface area contributed by atoms with Crippen molar-refractivity contribution in [3.05, 3.63) is 0 Å². The summed E-state index contributed by atoms with van der Waals surface area (Å²) < 4.78 is 11.1. The Morgan fingerprint density at radius 1 is 0.536 bits per heavy atom. The molecule has 4 nitrogen and oxygen atoms in total. The lowest BCUT2D eigenvalue weighted by Gasteiger charge is -2.10. The van der Waals surface area contributed by atoms with E-state index in [2.05, 4.69) is 24.5 Å². The zero-order chi connectivity index (χ0) is 20.7. The molecule has 0 saturated heterocycles. The average molecular weight is 433 g/mol. The number of hydrogen-bond donors (Lipinski definition) is 2. The third-order valence-corrected chi connectivity index (χ3v) is 5.13. The zero-order valence-electron chi connectivity index (χ0n) is 18.4. The Morgan fingerprint density at radius 2 is 0.893 bits per heavy atom. The van der Waals surface area contributed by atoms with Gasteiger partial charge in [-0.1, -0.05) is 78.1 Å². The van der Waals surface area contributed by atoms with Gasteiger partial charge in [0, 0.05) is 13.1 Å². The lowest BCUT2D eigenvalue weighted by molar-refractivity contribution is 0.285. The van der Waals surface area contributed by atoms with Crippen LogP contribution in [0.5, 0.6) is 0 Å². The monoisotopic (exact) mass is 432 g/mol. The number of ether oxygens (including phenoxy) is 2. The standard InChI is InChI=1S/C22H44N2O2S2/c1-3-5-7-11-15-19-25-21(27)23-17-13-9-10-14-18-24-22(28)26-20-16-12-8-6-4-2/h3-20H2,1-2H3,(H,23,27)(H,24,28). The maximum absolute atomic E-state index is 5.54. The van der Waals surface area contributed by atoms with Gasteiger partial charge in [0.15, 0.2) is 0 Å². The van der Waals surface area contributed by atoms with E-state index >= 15 is 0 Å². The Bertz CT molecular complexity index is 334. The van der Waals surface area contributed by atoms with Gasteiger partial charge in [0.25, 0.3) is 10.3 Å². The fourth-order valence-corrected chi connectivity index (χ4v) is 3.20. The number of rotatable bonds is 19. The highest BCUT2D eigenvalue weighted by atomic mass is 32.1. The summed E-state index contributed by atoms with van der Waals surface area (Å²) in [6.07, 6.45) is 17.0. The fourth-order valence-electron chi connectivity index (χ4n) is 2.83. The molecule has 6 heteroatoms. The molecule has 0 unspecified atom stereocenters. The molecule has 28 heavy (non-hydrogen) atoms. The van der Waals surface area contributed by atoms with E-state index in [-0.39, 0.29) is 0 Å². The number of unbranched alkanes of at least 4 members (excludes halogenated alkanes) is 11. The molecule has 0 saturated carbocycles. The van der Waals surface area contributed by atoms with Crippen LogP contribution in [-0.4, -0.2) is 36.7 Å². The molecule has 0 aromatic heterocycles. The molecule has 0 heterocycles. The van der Waals surface area contributed by atoms with E-state index in [4.69, 9.17) is 33.9 Å². The van der Waals surface area contributed by atoms with Crippen LogP contribution in [0.3, 0.4) is 0 Å². The minimum absolute atomic E-state index is 0.550. The number of nitrogens with one attached hydrogen (secondary N) is 2. The second-order valence-electron chi connectivity index (χ2n) is 7.37. The van der Waals surface area contributed by atoms with Gasteiger partial charge >= 0.3 is 0 Å². The summed E-state index contributed by atoms with van der Waals surface area (Å²) in [4.78, 5) is 0. The van der Waals surface area contributed by atoms with Gasteiger partial charge in [-0.2, -0.15) is 0 Å². The molecule has 0 radical (unpaired) electrons. The number of hydrogen-bond acceptors (Lipinski definition) is 4. The summed E-state index contributed by atoms with van der Waals surface area (Å²) in [5, 5.41) is 7.48. The predicted molar refractivity (Wildman–Crippen MR) is 129 cm³/mol. The van der Waals surface area contributed by atoms with Crippen molar-refractivity contribution >= 4 is 34.8 Å². The largest absolute Gasteiger partial charge is 0.471 e. The first-order valence-corrected chi connectivity index (χ1v) is 12.3. The summed E-state index contributed by atoms with van der Waals surface area (Å²) in [7, 11) is 0. The van der Waals surface area contributed by atoms with Gasteiger partial charge in [-0.25, -0.2) is 0 Å². The van der Waals surface area contributed by atoms with Gasteiger partial charge < -0.3 is 20.1 Å². The molecule has 0 aliphatic heterocycles. The van der Waals surface area contributed by atoms with Crippen LogP contribution in [0.15, 0.2) is 0 Å². The molecule has 0 fully saturated rings. The van der Waals surface area contributed by atoms with Crippen LogP contribution >= 0.6 is 24.4 Å². The average Bonchev–Trinajstić information content (AvgIpc) is 2.69. The summed E-state index contributed by atoms with van der Waals surface area (Å²) >= 11 is 10.4. The van der Waals surface area contributed by atoms with Crippen molar-refractivity contribution in [3.63, 3.8) is 0 Å². The van der Waals surface area contributed by atoms with Crippen molar-refractivity contribution in [2.45, 2.75) is 104 Å². The quantitative estimate of drug-likeness (QED) is 0.185. The minimum Gasteiger partial charge on any atom is -0.471 e. The zero-order valence-corrected chi connectivity index (χ0v) is 20.0. The van der Waals surface area contributed by atoms with E-state index in [1.807, 2.05) is 0 Å². The molecular weight excluding hydrogens is 388 g/mol. The fraction of sp³-hybridized carbons (Fsp3) is 0.909. The van der Waals surface area contributed by atoms with Crippen LogP contribution in [0.2, 0.25) is 0 Å². The second kappa shape index (κ2) is 22.7. The topological polar surface area (TPSA) is 42.5 Å². The van der Waals surface area contributed by atoms with Crippen LogP contribution < -0.4 is 10.6 Å². The van der Waals surface area contributed by atoms with Crippen LogP contribution in [0.4, 0.5) is 0 Å². The van der Waals surface area contributed by atoms with Gasteiger partial charge in [0.1, 0.15) is 0 Å². The van der Waals surface area contributed by atoms with E-state index in [1.54, 1.807) is 0 Å². The first-order valence-electron chi connectivity index (χ1n) is 11.5. The summed E-state index contributed by atoms with van der Waals surface area (Å²) in [6, 6.07) is 0. The van der Waals surface area contributed by atoms with Crippen LogP contribution in [-0.2, 0) is 9.47 Å². The van der Waals surface area contributed by atoms with Gasteiger partial charge in [-0.05, 0) is 50.1 Å². The van der Waals surface area contributed by atoms with Crippen molar-refractivity contribution in [2.75, 3.05) is 26.3 Å². The van der Waals surface area contributed by atoms with E-state index < -0.39 is 0 Å². The molecule has 0 aromatic rings. The van der Waals surface area contributed by atoms with E-state index in [0.717, 1.165) is 52.0 Å². The molecule has 0 aliphatic rings. The maximum Gasteiger partial charge on any atom is 0.256 e. The Hall–Kier alpha value is -0.620. The van der Waals surface area contributed by atoms with E-state index in [0.29, 0.717) is 10.3 Å². The van der Waals surface area contributed by atoms with Gasteiger partial charge in [-0.15, -0.1) is 0 Å². The maximum atomic E-state index is 5.54. The highest BCUT2D eigenvalue weighted by molar-refractivity contribution is 7.80. The van der Waals surface area contributed by atoms with Crippen molar-refractivity contribution in [1.29, 1.82) is 0 Å². The highest BCUT2D eigenvalue weighted by Crippen LogP contribution is 2.03. The second-order valence-corrected chi connectivity index (χ2v) is 8.11. The van der Waals surface area contributed by atoms with Crippen molar-refractivity contribution in [3.8, 4) is 0 Å². The van der Waals surface area contributed by atoms with Gasteiger partial charge in [-0.3, -0.25) is 0 Å². The Balaban J connectivity index is 3.25. The van der Waals surface area contributed by atoms with Crippen molar-refractivity contribution in [1.82, 2.24) is 10.6 Å². The molecule has 0 rings (SSSR count). The molecule has 0 atom stereocenters. The lowest BCUT2D eigenvalue weighted by atomic mass is 10.2. The number of thiocarbonyl (C=S) groups is 2. The van der Waals surface area contributed by atoms with Gasteiger partial charge in [0.05, 0.1) is 13.2 Å². The van der Waals surface area contributed by atoms with Gasteiger partial charge in [0.2, 0.25) is 0 Å². The molecule has 166 valence electrons. The van der Waals surface area contributed by atoms with Crippen LogP contribution in [0.1, 0.15) is 104 Å². The molecular formula is C22H44N2O2S2. The van der Waals surface area contributed by atoms with E-state index in [9.17, 15) is 0 Å². The highest BCUT2D eigenvalue weighted by Gasteiger charge is 1.99. The molecule has 2 N–H and O–H groups in total. The molecule has 0 aromatic carbocycles. The third-order valence-electron chi connectivity index (χ3n) is 4.60. The Labute approximate surface area is 184 Å². The van der Waals surface area contributed by atoms with Crippen LogP contribution in [0.25, 0.3) is 0 Å². The molecule has 0 amide bonds. The summed E-state index contributed by atoms with van der Waals surface area (Å²) in [6.45, 7) is 7.71. The Morgan fingerprint density at radius 3 is 1.29 bits per heavy atom. The summed E-state index contributed by atoms with van der Waals surface area (Å²) in [5.74, 6) is 0. The third kappa shape index (κ3) is 21.7. The van der Waals surface area contributed by atoms with Crippen molar-refractivity contribution in [2.24, 2.45) is 0 Å². The first-order chi connectivity index (χ1) is 13.7. The first kappa shape index (κ1) is 27.4. The van der Waals surface area contributed by atoms with Crippen molar-refractivity contribution < 1.29 is 9.47 Å². The molecule has 0 aliphatic carbocycles.